The second kappa shape index (κ2) is 6.86. The van der Waals surface area contributed by atoms with Gasteiger partial charge in [-0.05, 0) is 45.4 Å². The van der Waals surface area contributed by atoms with Crippen molar-refractivity contribution in [2.75, 3.05) is 18.4 Å². The highest BCUT2D eigenvalue weighted by Crippen LogP contribution is 2.24. The van der Waals surface area contributed by atoms with Gasteiger partial charge in [0.1, 0.15) is 5.82 Å². The lowest BCUT2D eigenvalue weighted by atomic mass is 10.2. The SMILES string of the molecule is Cc1cc(C)n([C@@H]2CCN(C(=O)Nc3cccc(-c4n[nH]c(C)n4)c3)C2)n1. The first-order chi connectivity index (χ1) is 13.0. The normalized spacial score (nSPS) is 16.7. The van der Waals surface area contributed by atoms with Crippen LogP contribution < -0.4 is 5.32 Å². The zero-order valence-corrected chi connectivity index (χ0v) is 15.7. The van der Waals surface area contributed by atoms with Crippen LogP contribution in [-0.2, 0) is 0 Å². The minimum Gasteiger partial charge on any atom is -0.322 e. The smallest absolute Gasteiger partial charge is 0.321 e. The minimum absolute atomic E-state index is 0.0950. The van der Waals surface area contributed by atoms with E-state index in [-0.39, 0.29) is 12.1 Å². The molecule has 1 fully saturated rings. The van der Waals surface area contributed by atoms with Crippen molar-refractivity contribution in [3.8, 4) is 11.4 Å². The number of nitrogens with zero attached hydrogens (tertiary/aromatic N) is 5. The summed E-state index contributed by atoms with van der Waals surface area (Å²) in [5, 5.41) is 14.5. The lowest BCUT2D eigenvalue weighted by Gasteiger charge is -2.18. The summed E-state index contributed by atoms with van der Waals surface area (Å²) in [4.78, 5) is 18.9. The zero-order chi connectivity index (χ0) is 19.0. The van der Waals surface area contributed by atoms with Crippen LogP contribution in [0.2, 0.25) is 0 Å². The Labute approximate surface area is 157 Å². The van der Waals surface area contributed by atoms with E-state index >= 15 is 0 Å². The van der Waals surface area contributed by atoms with Crippen LogP contribution >= 0.6 is 0 Å². The second-order valence-electron chi connectivity index (χ2n) is 7.02. The number of H-pyrrole nitrogens is 1. The number of aryl methyl sites for hydroxylation is 3. The topological polar surface area (TPSA) is 91.7 Å². The molecular weight excluding hydrogens is 342 g/mol. The maximum absolute atomic E-state index is 12.7. The number of benzene rings is 1. The summed E-state index contributed by atoms with van der Waals surface area (Å²) in [7, 11) is 0. The predicted octanol–water partition coefficient (Wildman–Crippen LogP) is 3.07. The number of hydrogen-bond donors (Lipinski definition) is 2. The number of carbonyl (C=O) groups is 1. The van der Waals surface area contributed by atoms with Crippen molar-refractivity contribution >= 4 is 11.7 Å². The summed E-state index contributed by atoms with van der Waals surface area (Å²) in [6.45, 7) is 7.28. The molecule has 0 saturated carbocycles. The fraction of sp³-hybridized carbons (Fsp3) is 0.368. The highest BCUT2D eigenvalue weighted by molar-refractivity contribution is 5.90. The van der Waals surface area contributed by atoms with E-state index < -0.39 is 0 Å². The molecule has 1 aromatic carbocycles. The van der Waals surface area contributed by atoms with Crippen LogP contribution in [-0.4, -0.2) is 49.0 Å². The van der Waals surface area contributed by atoms with Gasteiger partial charge < -0.3 is 10.2 Å². The van der Waals surface area contributed by atoms with Gasteiger partial charge in [-0.25, -0.2) is 9.78 Å². The third-order valence-corrected chi connectivity index (χ3v) is 4.81. The lowest BCUT2D eigenvalue weighted by Crippen LogP contribution is -2.33. The molecule has 1 aliphatic rings. The fourth-order valence-corrected chi connectivity index (χ4v) is 3.55. The van der Waals surface area contributed by atoms with Gasteiger partial charge in [0.2, 0.25) is 0 Å². The highest BCUT2D eigenvalue weighted by atomic mass is 16.2. The number of likely N-dealkylation sites (tertiary alicyclic amines) is 1. The molecule has 8 heteroatoms. The third kappa shape index (κ3) is 3.55. The molecule has 0 aliphatic carbocycles. The molecule has 1 atom stereocenters. The van der Waals surface area contributed by atoms with E-state index in [4.69, 9.17) is 0 Å². The van der Waals surface area contributed by atoms with Crippen molar-refractivity contribution in [2.45, 2.75) is 33.2 Å². The molecule has 0 radical (unpaired) electrons. The third-order valence-electron chi connectivity index (χ3n) is 4.81. The molecule has 0 spiro atoms. The Morgan fingerprint density at radius 3 is 2.81 bits per heavy atom. The Balaban J connectivity index is 1.43. The first-order valence-electron chi connectivity index (χ1n) is 9.08. The predicted molar refractivity (Wildman–Crippen MR) is 103 cm³/mol. The first-order valence-corrected chi connectivity index (χ1v) is 9.08. The van der Waals surface area contributed by atoms with Gasteiger partial charge in [0.15, 0.2) is 5.82 Å². The van der Waals surface area contributed by atoms with Gasteiger partial charge in [0.05, 0.1) is 11.7 Å². The van der Waals surface area contributed by atoms with Crippen LogP contribution in [0.25, 0.3) is 11.4 Å². The van der Waals surface area contributed by atoms with Crippen LogP contribution in [0.1, 0.15) is 29.7 Å². The Morgan fingerprint density at radius 1 is 1.26 bits per heavy atom. The Morgan fingerprint density at radius 2 is 2.11 bits per heavy atom. The van der Waals surface area contributed by atoms with E-state index in [0.29, 0.717) is 18.9 Å². The van der Waals surface area contributed by atoms with Crippen LogP contribution in [0.3, 0.4) is 0 Å². The van der Waals surface area contributed by atoms with Gasteiger partial charge in [-0.1, -0.05) is 12.1 Å². The molecule has 2 aromatic heterocycles. The molecule has 4 rings (SSSR count). The maximum Gasteiger partial charge on any atom is 0.321 e. The number of anilines is 1. The molecule has 2 amide bonds. The molecule has 1 saturated heterocycles. The van der Waals surface area contributed by atoms with Crippen LogP contribution in [0.15, 0.2) is 30.3 Å². The summed E-state index contributed by atoms with van der Waals surface area (Å²) in [6, 6.07) is 9.77. The van der Waals surface area contributed by atoms with Crippen LogP contribution in [0, 0.1) is 20.8 Å². The number of rotatable bonds is 3. The molecule has 3 heterocycles. The van der Waals surface area contributed by atoms with Crippen molar-refractivity contribution in [1.29, 1.82) is 0 Å². The fourth-order valence-electron chi connectivity index (χ4n) is 3.55. The number of hydrogen-bond acceptors (Lipinski definition) is 4. The van der Waals surface area contributed by atoms with E-state index in [1.165, 1.54) is 0 Å². The van der Waals surface area contributed by atoms with Gasteiger partial charge in [-0.3, -0.25) is 9.78 Å². The second-order valence-corrected chi connectivity index (χ2v) is 7.02. The number of aromatic nitrogens is 5. The lowest BCUT2D eigenvalue weighted by molar-refractivity contribution is 0.220. The largest absolute Gasteiger partial charge is 0.322 e. The van der Waals surface area contributed by atoms with E-state index in [1.54, 1.807) is 0 Å². The first kappa shape index (κ1) is 17.3. The van der Waals surface area contributed by atoms with Crippen molar-refractivity contribution in [2.24, 2.45) is 0 Å². The minimum atomic E-state index is -0.0950. The van der Waals surface area contributed by atoms with Crippen molar-refractivity contribution in [3.63, 3.8) is 0 Å². The molecule has 2 N–H and O–H groups in total. The quantitative estimate of drug-likeness (QED) is 0.746. The van der Waals surface area contributed by atoms with Gasteiger partial charge in [0.25, 0.3) is 0 Å². The molecular formula is C19H23N7O. The molecule has 0 bridgehead atoms. The number of aromatic amines is 1. The molecule has 1 aliphatic heterocycles. The summed E-state index contributed by atoms with van der Waals surface area (Å²) in [5.74, 6) is 1.38. The van der Waals surface area contributed by atoms with Gasteiger partial charge in [-0.2, -0.15) is 10.2 Å². The van der Waals surface area contributed by atoms with Gasteiger partial charge in [0, 0.05) is 30.0 Å². The number of amides is 2. The molecule has 27 heavy (non-hydrogen) atoms. The maximum atomic E-state index is 12.7. The van der Waals surface area contributed by atoms with Crippen molar-refractivity contribution in [1.82, 2.24) is 29.9 Å². The van der Waals surface area contributed by atoms with Crippen molar-refractivity contribution in [3.05, 3.63) is 47.5 Å². The van der Waals surface area contributed by atoms with Crippen LogP contribution in [0.4, 0.5) is 10.5 Å². The average Bonchev–Trinajstić information content (AvgIpc) is 3.35. The van der Waals surface area contributed by atoms with E-state index in [1.807, 2.05) is 47.7 Å². The highest BCUT2D eigenvalue weighted by Gasteiger charge is 2.28. The zero-order valence-electron chi connectivity index (χ0n) is 15.7. The molecule has 140 valence electrons. The number of nitrogens with one attached hydrogen (secondary N) is 2. The Kier molecular flexibility index (Phi) is 4.39. The summed E-state index contributed by atoms with van der Waals surface area (Å²) in [6.07, 6.45) is 0.909. The Hall–Kier alpha value is -3.16. The molecule has 8 nitrogen and oxygen atoms in total. The average molecular weight is 365 g/mol. The monoisotopic (exact) mass is 365 g/mol. The Bertz CT molecular complexity index is 974. The van der Waals surface area contributed by atoms with Crippen LogP contribution in [0.5, 0.6) is 0 Å². The number of carbonyl (C=O) groups excluding carboxylic acids is 1. The van der Waals surface area contributed by atoms with Gasteiger partial charge >= 0.3 is 6.03 Å². The summed E-state index contributed by atoms with van der Waals surface area (Å²) in [5.41, 5.74) is 3.73. The van der Waals surface area contributed by atoms with Crippen molar-refractivity contribution < 1.29 is 4.79 Å². The summed E-state index contributed by atoms with van der Waals surface area (Å²) >= 11 is 0. The summed E-state index contributed by atoms with van der Waals surface area (Å²) < 4.78 is 2.04. The number of urea groups is 1. The molecule has 3 aromatic rings. The van der Waals surface area contributed by atoms with E-state index in [9.17, 15) is 4.79 Å². The van der Waals surface area contributed by atoms with E-state index in [0.717, 1.165) is 34.9 Å². The van der Waals surface area contributed by atoms with E-state index in [2.05, 4.69) is 38.6 Å². The molecule has 0 unspecified atom stereocenters. The standard InChI is InChI=1S/C19H23N7O/c1-12-9-13(2)26(24-12)17-7-8-25(11-17)19(27)21-16-6-4-5-15(10-16)18-20-14(3)22-23-18/h4-6,9-10,17H,7-8,11H2,1-3H3,(H,21,27)(H,20,22,23)/t17-/m1/s1. The van der Waals surface area contributed by atoms with Gasteiger partial charge in [-0.15, -0.1) is 0 Å².